The maximum Gasteiger partial charge on any atom is 0.240 e. The van der Waals surface area contributed by atoms with Gasteiger partial charge >= 0.3 is 0 Å². The summed E-state index contributed by atoms with van der Waals surface area (Å²) in [5, 5.41) is 3.20. The number of halogens is 4. The lowest BCUT2D eigenvalue weighted by Gasteiger charge is -2.35. The molecule has 1 saturated heterocycles. The van der Waals surface area contributed by atoms with Gasteiger partial charge in [-0.05, 0) is 17.7 Å². The van der Waals surface area contributed by atoms with Gasteiger partial charge in [-0.15, -0.1) is 0 Å². The fraction of sp³-hybridized carbons (Fsp3) is 0.538. The van der Waals surface area contributed by atoms with E-state index in [1.807, 2.05) is 4.90 Å². The van der Waals surface area contributed by atoms with Gasteiger partial charge in [-0.3, -0.25) is 4.90 Å². The molecule has 1 aromatic carbocycles. The first-order chi connectivity index (χ1) is 9.08. The average Bonchev–Trinajstić information content (AvgIpc) is 2.37. The molecular weight excluding hydrogens is 321 g/mol. The number of hydrogen-bond acceptors (Lipinski definition) is 2. The second kappa shape index (κ2) is 6.72. The summed E-state index contributed by atoms with van der Waals surface area (Å²) in [6, 6.07) is 3.86. The molecule has 0 spiro atoms. The van der Waals surface area contributed by atoms with Crippen molar-refractivity contribution >= 4 is 15.9 Å². The van der Waals surface area contributed by atoms with Crippen molar-refractivity contribution in [2.75, 3.05) is 26.2 Å². The first kappa shape index (κ1) is 14.8. The van der Waals surface area contributed by atoms with Gasteiger partial charge in [-0.1, -0.05) is 22.0 Å². The van der Waals surface area contributed by atoms with Gasteiger partial charge < -0.3 is 5.32 Å². The molecule has 0 radical (unpaired) electrons. The van der Waals surface area contributed by atoms with Crippen molar-refractivity contribution in [2.24, 2.45) is 0 Å². The van der Waals surface area contributed by atoms with Gasteiger partial charge in [0.1, 0.15) is 5.82 Å². The van der Waals surface area contributed by atoms with E-state index in [1.165, 1.54) is 12.1 Å². The van der Waals surface area contributed by atoms with Crippen LogP contribution in [0, 0.1) is 5.82 Å². The van der Waals surface area contributed by atoms with Crippen LogP contribution in [0.1, 0.15) is 18.0 Å². The Morgan fingerprint density at radius 3 is 2.53 bits per heavy atom. The lowest BCUT2D eigenvalue weighted by Crippen LogP contribution is -2.45. The van der Waals surface area contributed by atoms with E-state index in [4.69, 9.17) is 0 Å². The van der Waals surface area contributed by atoms with Gasteiger partial charge in [0.25, 0.3) is 0 Å². The molecule has 1 aliphatic heterocycles. The molecular formula is C13H16BrF3N2. The predicted molar refractivity (Wildman–Crippen MR) is 71.9 cm³/mol. The van der Waals surface area contributed by atoms with Crippen LogP contribution in [-0.2, 0) is 0 Å². The van der Waals surface area contributed by atoms with Gasteiger partial charge in [-0.2, -0.15) is 0 Å². The summed E-state index contributed by atoms with van der Waals surface area (Å²) in [4.78, 5) is 2.03. The lowest BCUT2D eigenvalue weighted by atomic mass is 10.0. The van der Waals surface area contributed by atoms with Crippen molar-refractivity contribution in [1.82, 2.24) is 10.2 Å². The molecule has 1 fully saturated rings. The Bertz CT molecular complexity index is 422. The van der Waals surface area contributed by atoms with Crippen LogP contribution >= 0.6 is 15.9 Å². The smallest absolute Gasteiger partial charge is 0.240 e. The standard InChI is InChI=1S/C13H16BrF3N2/c14-11-7-9(15)1-2-10(11)12(8-13(16)17)19-5-3-18-4-6-19/h1-2,7,12-13,18H,3-6,8H2/t12-/m1/s1. The highest BCUT2D eigenvalue weighted by Gasteiger charge is 2.26. The zero-order chi connectivity index (χ0) is 13.8. The van der Waals surface area contributed by atoms with E-state index in [0.717, 1.165) is 31.7 Å². The Hall–Kier alpha value is -0.590. The number of nitrogens with zero attached hydrogens (tertiary/aromatic N) is 1. The summed E-state index contributed by atoms with van der Waals surface area (Å²) in [7, 11) is 0. The number of piperazine rings is 1. The number of benzene rings is 1. The van der Waals surface area contributed by atoms with Crippen LogP contribution in [0.25, 0.3) is 0 Å². The number of nitrogens with one attached hydrogen (secondary N) is 1. The van der Waals surface area contributed by atoms with Crippen LogP contribution in [0.5, 0.6) is 0 Å². The molecule has 0 saturated carbocycles. The van der Waals surface area contributed by atoms with E-state index in [2.05, 4.69) is 21.2 Å². The zero-order valence-electron chi connectivity index (χ0n) is 10.4. The highest BCUT2D eigenvalue weighted by molar-refractivity contribution is 9.10. The lowest BCUT2D eigenvalue weighted by molar-refractivity contribution is 0.0736. The summed E-state index contributed by atoms with van der Waals surface area (Å²) in [6.45, 7) is 3.03. The Balaban J connectivity index is 2.25. The minimum absolute atomic E-state index is 0.232. The number of hydrogen-bond donors (Lipinski definition) is 1. The van der Waals surface area contributed by atoms with Crippen molar-refractivity contribution in [2.45, 2.75) is 18.9 Å². The second-order valence-electron chi connectivity index (χ2n) is 4.59. The van der Waals surface area contributed by atoms with Crippen LogP contribution in [0.4, 0.5) is 13.2 Å². The van der Waals surface area contributed by atoms with Crippen molar-refractivity contribution in [3.05, 3.63) is 34.1 Å². The van der Waals surface area contributed by atoms with E-state index < -0.39 is 6.43 Å². The molecule has 1 aliphatic rings. The molecule has 106 valence electrons. The minimum Gasteiger partial charge on any atom is -0.314 e. The second-order valence-corrected chi connectivity index (χ2v) is 5.45. The van der Waals surface area contributed by atoms with Crippen LogP contribution in [0.2, 0.25) is 0 Å². The SMILES string of the molecule is Fc1ccc([C@@H](CC(F)F)N2CCNCC2)c(Br)c1. The highest BCUT2D eigenvalue weighted by atomic mass is 79.9. The molecule has 2 rings (SSSR count). The third kappa shape index (κ3) is 3.94. The third-order valence-corrected chi connectivity index (χ3v) is 4.00. The Labute approximate surface area is 119 Å². The van der Waals surface area contributed by atoms with Gasteiger partial charge in [0.05, 0.1) is 0 Å². The van der Waals surface area contributed by atoms with E-state index >= 15 is 0 Å². The van der Waals surface area contributed by atoms with Crippen molar-refractivity contribution in [3.8, 4) is 0 Å². The van der Waals surface area contributed by atoms with Crippen LogP contribution in [0.3, 0.4) is 0 Å². The molecule has 0 amide bonds. The molecule has 1 N–H and O–H groups in total. The van der Waals surface area contributed by atoms with Crippen molar-refractivity contribution in [3.63, 3.8) is 0 Å². The molecule has 6 heteroatoms. The summed E-state index contributed by atoms with van der Waals surface area (Å²) >= 11 is 3.28. The molecule has 19 heavy (non-hydrogen) atoms. The number of alkyl halides is 2. The van der Waals surface area contributed by atoms with Gasteiger partial charge in [-0.25, -0.2) is 13.2 Å². The molecule has 1 aromatic rings. The summed E-state index contributed by atoms with van der Waals surface area (Å²) in [5.41, 5.74) is 0.726. The van der Waals surface area contributed by atoms with Gasteiger partial charge in [0, 0.05) is 43.1 Å². The van der Waals surface area contributed by atoms with Crippen molar-refractivity contribution < 1.29 is 13.2 Å². The zero-order valence-corrected chi connectivity index (χ0v) is 12.0. The van der Waals surface area contributed by atoms with Crippen LogP contribution < -0.4 is 5.32 Å². The molecule has 0 aliphatic carbocycles. The molecule has 0 unspecified atom stereocenters. The largest absolute Gasteiger partial charge is 0.314 e. The van der Waals surface area contributed by atoms with E-state index in [-0.39, 0.29) is 18.3 Å². The predicted octanol–water partition coefficient (Wildman–Crippen LogP) is 3.19. The third-order valence-electron chi connectivity index (χ3n) is 3.32. The fourth-order valence-corrected chi connectivity index (χ4v) is 3.02. The Morgan fingerprint density at radius 1 is 1.26 bits per heavy atom. The van der Waals surface area contributed by atoms with E-state index in [1.54, 1.807) is 6.07 Å². The first-order valence-corrected chi connectivity index (χ1v) is 7.05. The average molecular weight is 337 g/mol. The Kier molecular flexibility index (Phi) is 5.24. The molecule has 2 nitrogen and oxygen atoms in total. The summed E-state index contributed by atoms with van der Waals surface area (Å²) in [5.74, 6) is -0.369. The van der Waals surface area contributed by atoms with E-state index in [9.17, 15) is 13.2 Å². The van der Waals surface area contributed by atoms with Crippen molar-refractivity contribution in [1.29, 1.82) is 0 Å². The van der Waals surface area contributed by atoms with Crippen LogP contribution in [-0.4, -0.2) is 37.5 Å². The highest BCUT2D eigenvalue weighted by Crippen LogP contribution is 2.33. The monoisotopic (exact) mass is 336 g/mol. The molecule has 1 atom stereocenters. The van der Waals surface area contributed by atoms with Gasteiger partial charge in [0.15, 0.2) is 0 Å². The minimum atomic E-state index is -2.38. The van der Waals surface area contributed by atoms with E-state index in [0.29, 0.717) is 4.47 Å². The summed E-state index contributed by atoms with van der Waals surface area (Å²) in [6.07, 6.45) is -2.61. The molecule has 1 heterocycles. The van der Waals surface area contributed by atoms with Crippen LogP contribution in [0.15, 0.2) is 22.7 Å². The normalized spacial score (nSPS) is 18.8. The fourth-order valence-electron chi connectivity index (χ4n) is 2.41. The molecule has 0 aromatic heterocycles. The van der Waals surface area contributed by atoms with Gasteiger partial charge in [0.2, 0.25) is 6.43 Å². The first-order valence-electron chi connectivity index (χ1n) is 6.26. The topological polar surface area (TPSA) is 15.3 Å². The Morgan fingerprint density at radius 2 is 1.95 bits per heavy atom. The quantitative estimate of drug-likeness (QED) is 0.908. The maximum atomic E-state index is 13.1. The number of rotatable bonds is 4. The molecule has 0 bridgehead atoms. The summed E-state index contributed by atoms with van der Waals surface area (Å²) < 4.78 is 39.3. The maximum absolute atomic E-state index is 13.1.